The van der Waals surface area contributed by atoms with Gasteiger partial charge in [-0.25, -0.2) is 4.98 Å². The van der Waals surface area contributed by atoms with Crippen molar-refractivity contribution < 1.29 is 4.74 Å². The molecule has 0 saturated carbocycles. The van der Waals surface area contributed by atoms with Crippen molar-refractivity contribution in [3.05, 3.63) is 41.2 Å². The third-order valence-corrected chi connectivity index (χ3v) is 5.57. The number of aromatic amines is 1. The lowest BCUT2D eigenvalue weighted by Crippen LogP contribution is -2.28. The Hall–Kier alpha value is -3.13. The lowest BCUT2D eigenvalue weighted by Gasteiger charge is -2.22. The topological polar surface area (TPSA) is 90.5 Å². The third-order valence-electron chi connectivity index (χ3n) is 5.57. The maximum atomic E-state index is 5.86. The first-order valence-corrected chi connectivity index (χ1v) is 12.8. The summed E-state index contributed by atoms with van der Waals surface area (Å²) in [5, 5.41) is 8.73. The Labute approximate surface area is 210 Å². The number of hydrogen-bond acceptors (Lipinski definition) is 7. The Balaban J connectivity index is 0.00000210. The van der Waals surface area contributed by atoms with Gasteiger partial charge in [-0.3, -0.25) is 5.43 Å². The number of rotatable bonds is 13. The second kappa shape index (κ2) is 15.0. The molecule has 3 N–H and O–H groups in total. The molecule has 0 atom stereocenters. The Kier molecular flexibility index (Phi) is 12.0. The number of likely N-dealkylation sites (N-methyl/N-ethyl adjacent to an activating group) is 1. The average Bonchev–Trinajstić information content (AvgIpc) is 3.16. The summed E-state index contributed by atoms with van der Waals surface area (Å²) < 4.78 is 5.86. The molecule has 0 aliphatic carbocycles. The molecule has 35 heavy (non-hydrogen) atoms. The fraction of sp³-hybridized carbons (Fsp3) is 0.519. The number of ether oxygens (including phenoxy) is 1. The summed E-state index contributed by atoms with van der Waals surface area (Å²) in [6, 6.07) is 8.02. The zero-order chi connectivity index (χ0) is 25.6. The van der Waals surface area contributed by atoms with Gasteiger partial charge in [0.2, 0.25) is 11.8 Å². The summed E-state index contributed by atoms with van der Waals surface area (Å²) in [4.78, 5) is 15.1. The van der Waals surface area contributed by atoms with E-state index < -0.39 is 0 Å². The summed E-state index contributed by atoms with van der Waals surface area (Å²) in [6.07, 6.45) is 4.98. The van der Waals surface area contributed by atoms with Crippen molar-refractivity contribution in [2.75, 3.05) is 43.6 Å². The van der Waals surface area contributed by atoms with Crippen LogP contribution in [0.2, 0.25) is 0 Å². The van der Waals surface area contributed by atoms with E-state index in [0.717, 1.165) is 50.1 Å². The van der Waals surface area contributed by atoms with E-state index in [9.17, 15) is 0 Å². The first kappa shape index (κ1) is 28.1. The maximum Gasteiger partial charge on any atom is 0.229 e. The SMILES string of the molecule is CC.CCCCN(CCC)c1nc(/C=N/Nc2ccc3[nH]c(C)c(C)c3c2)cc(OCCNC)n1. The predicted octanol–water partition coefficient (Wildman–Crippen LogP) is 5.66. The van der Waals surface area contributed by atoms with E-state index in [-0.39, 0.29) is 0 Å². The number of nitrogens with one attached hydrogen (secondary N) is 3. The molecule has 0 spiro atoms. The molecule has 192 valence electrons. The van der Waals surface area contributed by atoms with E-state index in [2.05, 4.69) is 70.5 Å². The van der Waals surface area contributed by atoms with Crippen LogP contribution in [0.3, 0.4) is 0 Å². The minimum atomic E-state index is 0.542. The van der Waals surface area contributed by atoms with Crippen molar-refractivity contribution in [2.45, 2.75) is 60.8 Å². The molecule has 3 rings (SSSR count). The molecule has 3 aromatic rings. The second-order valence-corrected chi connectivity index (χ2v) is 8.23. The van der Waals surface area contributed by atoms with Crippen LogP contribution in [-0.4, -0.2) is 54.5 Å². The van der Waals surface area contributed by atoms with Crippen molar-refractivity contribution in [2.24, 2.45) is 5.10 Å². The summed E-state index contributed by atoms with van der Waals surface area (Å²) in [7, 11) is 1.90. The molecule has 8 nitrogen and oxygen atoms in total. The standard InChI is InChI=1S/C25H37N7O.C2H6/c1-6-8-13-32(12-7-2)25-29-21(16-24(30-25)33-14-11-26-5)17-27-31-20-9-10-23-22(15-20)18(3)19(4)28-23;1-2/h9-10,15-17,26,28,31H,6-8,11-14H2,1-5H3;1-2H3/b27-17+;. The molecule has 0 radical (unpaired) electrons. The van der Waals surface area contributed by atoms with Gasteiger partial charge in [0.15, 0.2) is 0 Å². The smallest absolute Gasteiger partial charge is 0.229 e. The van der Waals surface area contributed by atoms with Gasteiger partial charge in [-0.15, -0.1) is 0 Å². The Bertz CT molecular complexity index is 1060. The fourth-order valence-electron chi connectivity index (χ4n) is 3.60. The summed E-state index contributed by atoms with van der Waals surface area (Å²) in [5.74, 6) is 1.25. The lowest BCUT2D eigenvalue weighted by molar-refractivity contribution is 0.306. The van der Waals surface area contributed by atoms with Gasteiger partial charge < -0.3 is 19.9 Å². The van der Waals surface area contributed by atoms with Gasteiger partial charge in [-0.05, 0) is 57.5 Å². The summed E-state index contributed by atoms with van der Waals surface area (Å²) in [6.45, 7) is 15.7. The number of H-pyrrole nitrogens is 1. The number of anilines is 2. The number of aryl methyl sites for hydroxylation is 2. The number of nitrogens with zero attached hydrogens (tertiary/aromatic N) is 4. The number of benzene rings is 1. The minimum Gasteiger partial charge on any atom is -0.476 e. The Morgan fingerprint density at radius 3 is 2.60 bits per heavy atom. The number of fused-ring (bicyclic) bond motifs is 1. The van der Waals surface area contributed by atoms with Gasteiger partial charge in [0.05, 0.1) is 17.6 Å². The third kappa shape index (κ3) is 8.24. The van der Waals surface area contributed by atoms with Crippen LogP contribution >= 0.6 is 0 Å². The van der Waals surface area contributed by atoms with Gasteiger partial charge in [0.25, 0.3) is 0 Å². The molecule has 0 saturated heterocycles. The molecule has 1 aromatic carbocycles. The van der Waals surface area contributed by atoms with Gasteiger partial charge >= 0.3 is 0 Å². The van der Waals surface area contributed by atoms with E-state index in [1.807, 2.05) is 33.0 Å². The molecule has 0 bridgehead atoms. The quantitative estimate of drug-likeness (QED) is 0.166. The van der Waals surface area contributed by atoms with Crippen molar-refractivity contribution in [3.63, 3.8) is 0 Å². The second-order valence-electron chi connectivity index (χ2n) is 8.23. The van der Waals surface area contributed by atoms with Gasteiger partial charge in [0.1, 0.15) is 6.61 Å². The van der Waals surface area contributed by atoms with Crippen molar-refractivity contribution >= 4 is 28.8 Å². The van der Waals surface area contributed by atoms with Gasteiger partial charge in [0, 0.05) is 42.3 Å². The van der Waals surface area contributed by atoms with Crippen LogP contribution in [0.4, 0.5) is 11.6 Å². The van der Waals surface area contributed by atoms with Crippen LogP contribution in [0.5, 0.6) is 5.88 Å². The maximum absolute atomic E-state index is 5.86. The van der Waals surface area contributed by atoms with Crippen molar-refractivity contribution in [3.8, 4) is 5.88 Å². The summed E-state index contributed by atoms with van der Waals surface area (Å²) in [5.41, 5.74) is 8.34. The zero-order valence-corrected chi connectivity index (χ0v) is 22.5. The predicted molar refractivity (Wildman–Crippen MR) is 149 cm³/mol. The van der Waals surface area contributed by atoms with Crippen LogP contribution in [0.15, 0.2) is 29.4 Å². The van der Waals surface area contributed by atoms with Crippen LogP contribution in [0.25, 0.3) is 10.9 Å². The lowest BCUT2D eigenvalue weighted by atomic mass is 10.1. The molecule has 0 fully saturated rings. The summed E-state index contributed by atoms with van der Waals surface area (Å²) >= 11 is 0. The molecule has 2 aromatic heterocycles. The van der Waals surface area contributed by atoms with E-state index in [4.69, 9.17) is 9.72 Å². The number of unbranched alkanes of at least 4 members (excludes halogenated alkanes) is 1. The highest BCUT2D eigenvalue weighted by Crippen LogP contribution is 2.24. The number of hydrogen-bond donors (Lipinski definition) is 3. The average molecular weight is 482 g/mol. The highest BCUT2D eigenvalue weighted by Gasteiger charge is 2.12. The molecular formula is C27H43N7O. The van der Waals surface area contributed by atoms with Crippen molar-refractivity contribution in [1.82, 2.24) is 20.3 Å². The van der Waals surface area contributed by atoms with E-state index in [1.54, 1.807) is 6.21 Å². The largest absolute Gasteiger partial charge is 0.476 e. The van der Waals surface area contributed by atoms with E-state index in [0.29, 0.717) is 24.1 Å². The molecule has 8 heteroatoms. The monoisotopic (exact) mass is 481 g/mol. The molecule has 0 aliphatic heterocycles. The number of hydrazone groups is 1. The van der Waals surface area contributed by atoms with E-state index >= 15 is 0 Å². The fourth-order valence-corrected chi connectivity index (χ4v) is 3.60. The normalized spacial score (nSPS) is 10.9. The number of aromatic nitrogens is 3. The molecule has 0 amide bonds. The molecule has 2 heterocycles. The van der Waals surface area contributed by atoms with Gasteiger partial charge in [-0.2, -0.15) is 10.1 Å². The molecule has 0 unspecified atom stereocenters. The minimum absolute atomic E-state index is 0.542. The first-order valence-electron chi connectivity index (χ1n) is 12.8. The van der Waals surface area contributed by atoms with Crippen molar-refractivity contribution in [1.29, 1.82) is 0 Å². The zero-order valence-electron chi connectivity index (χ0n) is 22.5. The van der Waals surface area contributed by atoms with Crippen LogP contribution in [0.1, 0.15) is 63.9 Å². The Morgan fingerprint density at radius 2 is 1.89 bits per heavy atom. The van der Waals surface area contributed by atoms with Gasteiger partial charge in [-0.1, -0.05) is 34.1 Å². The highest BCUT2D eigenvalue weighted by atomic mass is 16.5. The molecule has 0 aliphatic rings. The van der Waals surface area contributed by atoms with Crippen LogP contribution < -0.4 is 20.4 Å². The van der Waals surface area contributed by atoms with E-state index in [1.165, 1.54) is 16.6 Å². The molecular weight excluding hydrogens is 438 g/mol. The Morgan fingerprint density at radius 1 is 1.09 bits per heavy atom. The highest BCUT2D eigenvalue weighted by molar-refractivity contribution is 5.87. The van der Waals surface area contributed by atoms with Crippen LogP contribution in [-0.2, 0) is 0 Å². The van der Waals surface area contributed by atoms with Crippen LogP contribution in [0, 0.1) is 13.8 Å². The first-order chi connectivity index (χ1) is 17.0.